The second-order valence-electron chi connectivity index (χ2n) is 4.24. The summed E-state index contributed by atoms with van der Waals surface area (Å²) in [5, 5.41) is 17.4. The predicted molar refractivity (Wildman–Crippen MR) is 75.7 cm³/mol. The molecule has 0 spiro atoms. The van der Waals surface area contributed by atoms with E-state index in [1.54, 1.807) is 17.0 Å². The van der Waals surface area contributed by atoms with Gasteiger partial charge >= 0.3 is 5.97 Å². The summed E-state index contributed by atoms with van der Waals surface area (Å²) in [5.74, 6) is -0.209. The molecule has 2 rings (SSSR count). The lowest BCUT2D eigenvalue weighted by atomic mass is 10.2. The molecule has 20 heavy (non-hydrogen) atoms. The summed E-state index contributed by atoms with van der Waals surface area (Å²) >= 11 is 1.15. The van der Waals surface area contributed by atoms with Crippen LogP contribution in [0.5, 0.6) is 0 Å². The highest BCUT2D eigenvalue weighted by molar-refractivity contribution is 7.99. The number of hydrogen-bond donors (Lipinski definition) is 1. The summed E-state index contributed by atoms with van der Waals surface area (Å²) in [5.41, 5.74) is 1.12. The number of aromatic nitrogens is 4. The molecule has 2 aromatic rings. The highest BCUT2D eigenvalue weighted by atomic mass is 32.2. The molecule has 0 fully saturated rings. The first-order valence-electron chi connectivity index (χ1n) is 5.92. The van der Waals surface area contributed by atoms with Crippen LogP contribution in [0.25, 0.3) is 0 Å². The Bertz CT molecular complexity index is 587. The fourth-order valence-electron chi connectivity index (χ4n) is 1.72. The van der Waals surface area contributed by atoms with Gasteiger partial charge in [-0.1, -0.05) is 11.8 Å². The van der Waals surface area contributed by atoms with E-state index < -0.39 is 5.97 Å². The van der Waals surface area contributed by atoms with E-state index in [0.29, 0.717) is 17.6 Å². The van der Waals surface area contributed by atoms with Crippen molar-refractivity contribution in [3.8, 4) is 0 Å². The zero-order chi connectivity index (χ0) is 14.5. The van der Waals surface area contributed by atoms with Crippen molar-refractivity contribution in [2.75, 3.05) is 17.7 Å². The Morgan fingerprint density at radius 1 is 1.40 bits per heavy atom. The fraction of sp³-hybridized carbons (Fsp3) is 0.333. The first-order valence-corrected chi connectivity index (χ1v) is 6.90. The van der Waals surface area contributed by atoms with Crippen LogP contribution in [-0.2, 0) is 18.4 Å². The van der Waals surface area contributed by atoms with Crippen molar-refractivity contribution in [1.29, 1.82) is 0 Å². The number of pyridine rings is 1. The van der Waals surface area contributed by atoms with Gasteiger partial charge in [0, 0.05) is 33.0 Å². The van der Waals surface area contributed by atoms with Gasteiger partial charge in [-0.15, -0.1) is 10.2 Å². The van der Waals surface area contributed by atoms with Crippen molar-refractivity contribution in [1.82, 2.24) is 19.7 Å². The number of anilines is 1. The molecule has 2 heterocycles. The molecular formula is C12H15N5O2S. The van der Waals surface area contributed by atoms with Crippen LogP contribution in [-0.4, -0.2) is 43.6 Å². The summed E-state index contributed by atoms with van der Waals surface area (Å²) in [6.45, 7) is 0.679. The lowest BCUT2D eigenvalue weighted by molar-refractivity contribution is -0.133. The minimum atomic E-state index is -0.871. The Morgan fingerprint density at radius 3 is 2.75 bits per heavy atom. The Kier molecular flexibility index (Phi) is 4.57. The van der Waals surface area contributed by atoms with Crippen LogP contribution in [0.4, 0.5) is 5.95 Å². The molecule has 0 amide bonds. The van der Waals surface area contributed by atoms with Crippen LogP contribution in [0.3, 0.4) is 0 Å². The Morgan fingerprint density at radius 2 is 2.10 bits per heavy atom. The monoisotopic (exact) mass is 293 g/mol. The molecule has 8 heteroatoms. The molecule has 0 aliphatic heterocycles. The van der Waals surface area contributed by atoms with Gasteiger partial charge in [-0.2, -0.15) is 0 Å². The summed E-state index contributed by atoms with van der Waals surface area (Å²) in [4.78, 5) is 16.5. The topological polar surface area (TPSA) is 84.1 Å². The average Bonchev–Trinajstić information content (AvgIpc) is 2.79. The third kappa shape index (κ3) is 3.47. The molecule has 7 nitrogen and oxygen atoms in total. The molecule has 0 aromatic carbocycles. The molecule has 0 unspecified atom stereocenters. The summed E-state index contributed by atoms with van der Waals surface area (Å²) in [6.07, 6.45) is 3.49. The highest BCUT2D eigenvalue weighted by Gasteiger charge is 2.14. The van der Waals surface area contributed by atoms with E-state index in [4.69, 9.17) is 5.11 Å². The number of thioether (sulfide) groups is 1. The maximum Gasteiger partial charge on any atom is 0.313 e. The lowest BCUT2D eigenvalue weighted by Gasteiger charge is -2.17. The quantitative estimate of drug-likeness (QED) is 0.796. The van der Waals surface area contributed by atoms with E-state index >= 15 is 0 Å². The molecule has 0 saturated carbocycles. The first kappa shape index (κ1) is 14.3. The standard InChI is InChI=1S/C12H15N5O2S/c1-16(7-9-3-5-13-6-4-9)11-14-15-12(17(11)2)20-8-10(18)19/h3-6H,7-8H2,1-2H3,(H,18,19). The van der Waals surface area contributed by atoms with Gasteiger partial charge < -0.3 is 10.0 Å². The molecule has 0 aliphatic rings. The molecular weight excluding hydrogens is 278 g/mol. The van der Waals surface area contributed by atoms with Gasteiger partial charge in [0.2, 0.25) is 5.95 Å². The molecule has 0 bridgehead atoms. The van der Waals surface area contributed by atoms with E-state index in [-0.39, 0.29) is 5.75 Å². The number of carboxylic acid groups (broad SMARTS) is 1. The van der Waals surface area contributed by atoms with Gasteiger partial charge in [-0.25, -0.2) is 0 Å². The first-order chi connectivity index (χ1) is 9.58. The van der Waals surface area contributed by atoms with E-state index in [1.165, 1.54) is 0 Å². The Labute approximate surface area is 120 Å². The molecule has 0 saturated heterocycles. The van der Waals surface area contributed by atoms with Crippen LogP contribution in [0.15, 0.2) is 29.7 Å². The van der Waals surface area contributed by atoms with E-state index in [1.807, 2.05) is 31.1 Å². The number of rotatable bonds is 6. The van der Waals surface area contributed by atoms with Crippen molar-refractivity contribution < 1.29 is 9.90 Å². The van der Waals surface area contributed by atoms with Crippen molar-refractivity contribution in [2.45, 2.75) is 11.7 Å². The maximum atomic E-state index is 10.6. The van der Waals surface area contributed by atoms with Gasteiger partial charge in [0.1, 0.15) is 0 Å². The smallest absolute Gasteiger partial charge is 0.313 e. The van der Waals surface area contributed by atoms with Crippen LogP contribution >= 0.6 is 11.8 Å². The lowest BCUT2D eigenvalue weighted by Crippen LogP contribution is -2.20. The van der Waals surface area contributed by atoms with Gasteiger partial charge in [-0.3, -0.25) is 14.3 Å². The second kappa shape index (κ2) is 6.38. The Hall–Kier alpha value is -2.09. The average molecular weight is 293 g/mol. The molecule has 2 aromatic heterocycles. The zero-order valence-electron chi connectivity index (χ0n) is 11.2. The van der Waals surface area contributed by atoms with E-state index in [0.717, 1.165) is 17.3 Å². The maximum absolute atomic E-state index is 10.6. The number of nitrogens with zero attached hydrogens (tertiary/aromatic N) is 5. The normalized spacial score (nSPS) is 10.5. The van der Waals surface area contributed by atoms with Crippen molar-refractivity contribution in [2.24, 2.45) is 7.05 Å². The minimum absolute atomic E-state index is 0.0277. The summed E-state index contributed by atoms with van der Waals surface area (Å²) < 4.78 is 1.79. The van der Waals surface area contributed by atoms with Gasteiger partial charge in [0.15, 0.2) is 5.16 Å². The minimum Gasteiger partial charge on any atom is -0.481 e. The number of aliphatic carboxylic acids is 1. The largest absolute Gasteiger partial charge is 0.481 e. The van der Waals surface area contributed by atoms with Gasteiger partial charge in [-0.05, 0) is 17.7 Å². The van der Waals surface area contributed by atoms with E-state index in [2.05, 4.69) is 15.2 Å². The van der Waals surface area contributed by atoms with Crippen LogP contribution in [0.1, 0.15) is 5.56 Å². The number of carbonyl (C=O) groups is 1. The third-order valence-electron chi connectivity index (χ3n) is 2.65. The fourth-order valence-corrected chi connectivity index (χ4v) is 2.35. The molecule has 106 valence electrons. The number of carboxylic acids is 1. The summed E-state index contributed by atoms with van der Waals surface area (Å²) in [7, 11) is 3.73. The van der Waals surface area contributed by atoms with Crippen molar-refractivity contribution in [3.63, 3.8) is 0 Å². The SMILES string of the molecule is CN(Cc1ccncc1)c1nnc(SCC(=O)O)n1C. The molecule has 0 radical (unpaired) electrons. The van der Waals surface area contributed by atoms with Gasteiger partial charge in [0.05, 0.1) is 5.75 Å². The second-order valence-corrected chi connectivity index (χ2v) is 5.18. The van der Waals surface area contributed by atoms with Crippen molar-refractivity contribution >= 4 is 23.7 Å². The Balaban J connectivity index is 2.07. The van der Waals surface area contributed by atoms with Crippen molar-refractivity contribution in [3.05, 3.63) is 30.1 Å². The highest BCUT2D eigenvalue weighted by Crippen LogP contribution is 2.20. The van der Waals surface area contributed by atoms with Gasteiger partial charge in [0.25, 0.3) is 0 Å². The zero-order valence-corrected chi connectivity index (χ0v) is 12.0. The number of hydrogen-bond acceptors (Lipinski definition) is 6. The van der Waals surface area contributed by atoms with Crippen LogP contribution in [0.2, 0.25) is 0 Å². The molecule has 1 N–H and O–H groups in total. The predicted octanol–water partition coefficient (Wildman–Crippen LogP) is 1.02. The van der Waals surface area contributed by atoms with Crippen LogP contribution in [0, 0.1) is 0 Å². The molecule has 0 atom stereocenters. The summed E-state index contributed by atoms with van der Waals surface area (Å²) in [6, 6.07) is 3.87. The molecule has 0 aliphatic carbocycles. The van der Waals surface area contributed by atoms with E-state index in [9.17, 15) is 4.79 Å². The van der Waals surface area contributed by atoms with Crippen LogP contribution < -0.4 is 4.90 Å². The third-order valence-corrected chi connectivity index (χ3v) is 3.65.